The fraction of sp³-hybridized carbons (Fsp3) is 0. The third-order valence-corrected chi connectivity index (χ3v) is 2.53. The molecule has 0 spiro atoms. The molecule has 0 unspecified atom stereocenters. The molecule has 15 heavy (non-hydrogen) atoms. The predicted octanol–water partition coefficient (Wildman–Crippen LogP) is 2.30. The summed E-state index contributed by atoms with van der Waals surface area (Å²) < 4.78 is 0.148. The molecule has 0 fully saturated rings. The summed E-state index contributed by atoms with van der Waals surface area (Å²) in [6, 6.07) is 6.96. The van der Waals surface area contributed by atoms with Crippen LogP contribution < -0.4 is 0 Å². The topological polar surface area (TPSA) is 73.3 Å². The highest BCUT2D eigenvalue weighted by molar-refractivity contribution is 7.71. The van der Waals surface area contributed by atoms with Crippen LogP contribution in [0.25, 0.3) is 10.9 Å². The predicted molar refractivity (Wildman–Crippen MR) is 57.8 cm³/mol. The number of carbonyl (C=O) groups is 1. The third kappa shape index (κ3) is 1.46. The first-order valence-corrected chi connectivity index (χ1v) is 4.59. The second-order valence-electron chi connectivity index (χ2n) is 3.03. The number of aromatic carboxylic acids is 1. The molecule has 2 aromatic rings. The van der Waals surface area contributed by atoms with Gasteiger partial charge in [-0.2, -0.15) is 0 Å². The second-order valence-corrected chi connectivity index (χ2v) is 3.44. The van der Waals surface area contributed by atoms with Crippen LogP contribution in [-0.2, 0) is 0 Å². The molecule has 0 saturated carbocycles. The van der Waals surface area contributed by atoms with Crippen LogP contribution in [0.2, 0.25) is 0 Å². The van der Waals surface area contributed by atoms with Crippen LogP contribution in [-0.4, -0.2) is 21.2 Å². The Morgan fingerprint density at radius 2 is 2.00 bits per heavy atom. The number of carboxylic acid groups (broad SMARTS) is 1. The van der Waals surface area contributed by atoms with Gasteiger partial charge in [-0.1, -0.05) is 30.4 Å². The number of aromatic hydroxyl groups is 1. The van der Waals surface area contributed by atoms with E-state index in [4.69, 9.17) is 17.3 Å². The minimum Gasteiger partial charge on any atom is -0.494 e. The number of benzene rings is 1. The average Bonchev–Trinajstić information content (AvgIpc) is 2.17. The maximum absolute atomic E-state index is 10.8. The van der Waals surface area contributed by atoms with Crippen molar-refractivity contribution < 1.29 is 15.0 Å². The summed E-state index contributed by atoms with van der Waals surface area (Å²) in [5.41, 5.74) is 0.355. The molecule has 0 bridgehead atoms. The Labute approximate surface area is 89.8 Å². The van der Waals surface area contributed by atoms with Crippen LogP contribution in [0.5, 0.6) is 5.88 Å². The summed E-state index contributed by atoms with van der Waals surface area (Å²) in [5, 5.41) is 18.9. The van der Waals surface area contributed by atoms with Gasteiger partial charge in [-0.3, -0.25) is 0 Å². The van der Waals surface area contributed by atoms with Gasteiger partial charge in [-0.15, -0.1) is 0 Å². The largest absolute Gasteiger partial charge is 0.494 e. The lowest BCUT2D eigenvalue weighted by atomic mass is 10.1. The summed E-state index contributed by atoms with van der Waals surface area (Å²) in [4.78, 5) is 13.4. The molecule has 0 amide bonds. The van der Waals surface area contributed by atoms with Gasteiger partial charge in [0.25, 0.3) is 0 Å². The summed E-state index contributed by atoms with van der Waals surface area (Å²) in [7, 11) is 0. The Bertz CT molecular complexity index is 603. The number of nitrogens with one attached hydrogen (secondary N) is 1. The van der Waals surface area contributed by atoms with E-state index in [0.717, 1.165) is 0 Å². The lowest BCUT2D eigenvalue weighted by molar-refractivity contribution is 0.0692. The second kappa shape index (κ2) is 3.36. The van der Waals surface area contributed by atoms with E-state index >= 15 is 0 Å². The quantitative estimate of drug-likeness (QED) is 0.646. The van der Waals surface area contributed by atoms with Crippen molar-refractivity contribution in [2.45, 2.75) is 0 Å². The molecule has 0 aliphatic rings. The van der Waals surface area contributed by atoms with Crippen molar-refractivity contribution in [3.63, 3.8) is 0 Å². The standard InChI is InChI=1S/C10H7NO3S/c12-9-7(10(13)14)8(15)5-3-1-2-4-6(5)11-9/h1-4H,(H,13,14)(H2,11,12,15). The summed E-state index contributed by atoms with van der Waals surface area (Å²) in [6.45, 7) is 0. The number of carboxylic acids is 1. The molecule has 76 valence electrons. The van der Waals surface area contributed by atoms with Gasteiger partial charge >= 0.3 is 5.97 Å². The first-order valence-electron chi connectivity index (χ1n) is 4.18. The summed E-state index contributed by atoms with van der Waals surface area (Å²) in [6.07, 6.45) is 0. The first-order chi connectivity index (χ1) is 7.11. The zero-order chi connectivity index (χ0) is 11.0. The van der Waals surface area contributed by atoms with Gasteiger partial charge in [0.1, 0.15) is 5.56 Å². The van der Waals surface area contributed by atoms with E-state index in [-0.39, 0.29) is 10.1 Å². The molecule has 0 aliphatic carbocycles. The molecule has 3 N–H and O–H groups in total. The Kier molecular flexibility index (Phi) is 2.17. The Morgan fingerprint density at radius 1 is 1.33 bits per heavy atom. The molecule has 0 saturated heterocycles. The van der Waals surface area contributed by atoms with Crippen LogP contribution in [0.1, 0.15) is 10.4 Å². The lowest BCUT2D eigenvalue weighted by Gasteiger charge is -2.03. The fourth-order valence-corrected chi connectivity index (χ4v) is 1.78. The van der Waals surface area contributed by atoms with Gasteiger partial charge in [0.2, 0.25) is 5.88 Å². The highest BCUT2D eigenvalue weighted by Crippen LogP contribution is 2.23. The zero-order valence-electron chi connectivity index (χ0n) is 7.52. The van der Waals surface area contributed by atoms with Gasteiger partial charge < -0.3 is 15.2 Å². The van der Waals surface area contributed by atoms with Crippen molar-refractivity contribution in [2.75, 3.05) is 0 Å². The molecule has 1 aromatic heterocycles. The van der Waals surface area contributed by atoms with Crippen LogP contribution in [0.15, 0.2) is 24.3 Å². The number of hydrogen-bond donors (Lipinski definition) is 3. The maximum Gasteiger partial charge on any atom is 0.342 e. The lowest BCUT2D eigenvalue weighted by Crippen LogP contribution is -2.00. The van der Waals surface area contributed by atoms with Crippen molar-refractivity contribution in [1.82, 2.24) is 4.98 Å². The average molecular weight is 221 g/mol. The van der Waals surface area contributed by atoms with Crippen molar-refractivity contribution in [3.05, 3.63) is 34.3 Å². The number of pyridine rings is 1. The number of H-pyrrole nitrogens is 1. The number of para-hydroxylation sites is 1. The third-order valence-electron chi connectivity index (χ3n) is 2.10. The summed E-state index contributed by atoms with van der Waals surface area (Å²) >= 11 is 5.00. The van der Waals surface area contributed by atoms with Crippen LogP contribution in [0.3, 0.4) is 0 Å². The number of aromatic amines is 1. The van der Waals surface area contributed by atoms with Gasteiger partial charge in [-0.05, 0) is 6.07 Å². The Balaban J connectivity index is 2.97. The van der Waals surface area contributed by atoms with Crippen molar-refractivity contribution in [2.24, 2.45) is 0 Å². The molecule has 1 aromatic carbocycles. The molecule has 0 atom stereocenters. The number of aromatic nitrogens is 1. The van der Waals surface area contributed by atoms with Crippen molar-refractivity contribution in [3.8, 4) is 5.88 Å². The smallest absolute Gasteiger partial charge is 0.342 e. The SMILES string of the molecule is O=C(O)c1c(O)[nH]c2ccccc2c1=S. The minimum atomic E-state index is -1.24. The van der Waals surface area contributed by atoms with Crippen LogP contribution >= 0.6 is 12.2 Å². The molecule has 0 aliphatic heterocycles. The van der Waals surface area contributed by atoms with Gasteiger partial charge in [0.15, 0.2) is 0 Å². The van der Waals surface area contributed by atoms with E-state index in [2.05, 4.69) is 4.98 Å². The molecule has 4 nitrogen and oxygen atoms in total. The van der Waals surface area contributed by atoms with Crippen molar-refractivity contribution >= 4 is 29.1 Å². The van der Waals surface area contributed by atoms with E-state index in [1.165, 1.54) is 0 Å². The van der Waals surface area contributed by atoms with Gasteiger partial charge in [-0.25, -0.2) is 4.79 Å². The maximum atomic E-state index is 10.8. The highest BCUT2D eigenvalue weighted by Gasteiger charge is 2.14. The van der Waals surface area contributed by atoms with E-state index in [9.17, 15) is 9.90 Å². The molecule has 1 heterocycles. The normalized spacial score (nSPS) is 10.4. The van der Waals surface area contributed by atoms with E-state index in [0.29, 0.717) is 10.9 Å². The van der Waals surface area contributed by atoms with Crippen molar-refractivity contribution in [1.29, 1.82) is 0 Å². The summed E-state index contributed by atoms with van der Waals surface area (Å²) in [5.74, 6) is -1.65. The van der Waals surface area contributed by atoms with Crippen LogP contribution in [0.4, 0.5) is 0 Å². The van der Waals surface area contributed by atoms with E-state index in [1.807, 2.05) is 0 Å². The molecule has 0 radical (unpaired) electrons. The minimum absolute atomic E-state index is 0.148. The first kappa shape index (κ1) is 9.67. The highest BCUT2D eigenvalue weighted by atomic mass is 32.1. The number of fused-ring (bicyclic) bond motifs is 1. The molecular formula is C10H7NO3S. The van der Waals surface area contributed by atoms with E-state index in [1.54, 1.807) is 24.3 Å². The molecule has 2 rings (SSSR count). The Morgan fingerprint density at radius 3 is 2.67 bits per heavy atom. The van der Waals surface area contributed by atoms with Crippen LogP contribution in [0, 0.1) is 4.51 Å². The zero-order valence-corrected chi connectivity index (χ0v) is 8.34. The molecule has 5 heteroatoms. The number of hydrogen-bond acceptors (Lipinski definition) is 3. The van der Waals surface area contributed by atoms with E-state index < -0.39 is 11.8 Å². The fourth-order valence-electron chi connectivity index (χ4n) is 1.42. The van der Waals surface area contributed by atoms with Gasteiger partial charge in [0.05, 0.1) is 4.51 Å². The number of rotatable bonds is 1. The monoisotopic (exact) mass is 221 g/mol. The molecular weight excluding hydrogens is 214 g/mol. The Hall–Kier alpha value is -1.88. The van der Waals surface area contributed by atoms with Gasteiger partial charge in [0, 0.05) is 10.9 Å².